The number of anilines is 1. The predicted octanol–water partition coefficient (Wildman–Crippen LogP) is 1.56. The molecule has 0 unspecified atom stereocenters. The molecule has 0 fully saturated rings. The number of aliphatic hydroxyl groups excluding tert-OH is 1. The molecule has 1 aromatic carbocycles. The van der Waals surface area contributed by atoms with Crippen LogP contribution in [0.25, 0.3) is 0 Å². The lowest BCUT2D eigenvalue weighted by atomic mass is 10.1. The Labute approximate surface area is 123 Å². The van der Waals surface area contributed by atoms with Crippen LogP contribution >= 0.6 is 0 Å². The van der Waals surface area contributed by atoms with E-state index in [4.69, 9.17) is 5.11 Å². The molecule has 2 N–H and O–H groups in total. The maximum Gasteiger partial charge on any atom is 0.246 e. The molecule has 2 aromatic rings. The van der Waals surface area contributed by atoms with E-state index in [1.54, 1.807) is 23.1 Å². The minimum absolute atomic E-state index is 0.0276. The van der Waals surface area contributed by atoms with Gasteiger partial charge in [0.2, 0.25) is 5.91 Å². The van der Waals surface area contributed by atoms with Crippen LogP contribution < -0.4 is 5.32 Å². The third-order valence-corrected chi connectivity index (χ3v) is 2.77. The number of amides is 1. The van der Waals surface area contributed by atoms with E-state index in [0.29, 0.717) is 12.1 Å². The number of aromatic nitrogens is 2. The molecule has 0 aliphatic carbocycles. The Balaban J connectivity index is 2.12. The molecule has 5 nitrogen and oxygen atoms in total. The van der Waals surface area contributed by atoms with Gasteiger partial charge in [0.15, 0.2) is 0 Å². The summed E-state index contributed by atoms with van der Waals surface area (Å²) in [7, 11) is 0. The van der Waals surface area contributed by atoms with E-state index in [-0.39, 0.29) is 19.1 Å². The van der Waals surface area contributed by atoms with Crippen molar-refractivity contribution in [2.24, 2.45) is 0 Å². The van der Waals surface area contributed by atoms with E-state index in [9.17, 15) is 4.79 Å². The van der Waals surface area contributed by atoms with Gasteiger partial charge in [0.25, 0.3) is 0 Å². The summed E-state index contributed by atoms with van der Waals surface area (Å²) in [5.41, 5.74) is 2.46. The van der Waals surface area contributed by atoms with Crippen LogP contribution in [-0.2, 0) is 11.3 Å². The summed E-state index contributed by atoms with van der Waals surface area (Å²) in [6, 6.07) is 7.45. The van der Waals surface area contributed by atoms with Crippen molar-refractivity contribution in [3.63, 3.8) is 0 Å². The first-order valence-corrected chi connectivity index (χ1v) is 6.66. The van der Waals surface area contributed by atoms with Crippen molar-refractivity contribution in [1.82, 2.24) is 9.78 Å². The monoisotopic (exact) mass is 283 g/mol. The van der Waals surface area contributed by atoms with Crippen LogP contribution in [0.5, 0.6) is 0 Å². The van der Waals surface area contributed by atoms with Crippen molar-refractivity contribution in [2.75, 3.05) is 11.9 Å². The van der Waals surface area contributed by atoms with Crippen LogP contribution in [0.2, 0.25) is 0 Å². The van der Waals surface area contributed by atoms with Crippen molar-refractivity contribution in [1.29, 1.82) is 0 Å². The SMILES string of the molecule is Cc1ccc(C#CCCO)c(NC(=O)Cn2cccn2)c1. The van der Waals surface area contributed by atoms with E-state index >= 15 is 0 Å². The average molecular weight is 283 g/mol. The van der Waals surface area contributed by atoms with Crippen LogP contribution in [0.3, 0.4) is 0 Å². The summed E-state index contributed by atoms with van der Waals surface area (Å²) < 4.78 is 1.56. The second-order valence-electron chi connectivity index (χ2n) is 4.58. The first-order valence-electron chi connectivity index (χ1n) is 6.66. The van der Waals surface area contributed by atoms with E-state index < -0.39 is 0 Å². The Kier molecular flexibility index (Phi) is 5.13. The fourth-order valence-electron chi connectivity index (χ4n) is 1.81. The Morgan fingerprint density at radius 3 is 3.05 bits per heavy atom. The Morgan fingerprint density at radius 1 is 1.48 bits per heavy atom. The van der Waals surface area contributed by atoms with E-state index in [1.807, 2.05) is 25.1 Å². The zero-order valence-electron chi connectivity index (χ0n) is 11.8. The van der Waals surface area contributed by atoms with Crippen molar-refractivity contribution in [3.05, 3.63) is 47.8 Å². The smallest absolute Gasteiger partial charge is 0.246 e. The number of rotatable bonds is 4. The second kappa shape index (κ2) is 7.27. The van der Waals surface area contributed by atoms with Gasteiger partial charge in [0, 0.05) is 24.4 Å². The highest BCUT2D eigenvalue weighted by molar-refractivity contribution is 5.92. The Hall–Kier alpha value is -2.58. The average Bonchev–Trinajstić information content (AvgIpc) is 2.94. The minimum Gasteiger partial charge on any atom is -0.395 e. The normalized spacial score (nSPS) is 9.81. The van der Waals surface area contributed by atoms with Crippen LogP contribution in [0, 0.1) is 18.8 Å². The van der Waals surface area contributed by atoms with E-state index in [2.05, 4.69) is 22.3 Å². The van der Waals surface area contributed by atoms with Gasteiger partial charge in [-0.3, -0.25) is 9.48 Å². The zero-order valence-corrected chi connectivity index (χ0v) is 11.8. The molecular formula is C16H17N3O2. The van der Waals surface area contributed by atoms with E-state index in [0.717, 1.165) is 11.1 Å². The maximum absolute atomic E-state index is 12.0. The third kappa shape index (κ3) is 4.48. The summed E-state index contributed by atoms with van der Waals surface area (Å²) in [6.45, 7) is 2.14. The van der Waals surface area contributed by atoms with Gasteiger partial charge in [-0.1, -0.05) is 17.9 Å². The molecule has 5 heteroatoms. The molecule has 0 radical (unpaired) electrons. The van der Waals surface area contributed by atoms with Gasteiger partial charge in [0.1, 0.15) is 6.54 Å². The lowest BCUT2D eigenvalue weighted by Gasteiger charge is -2.09. The van der Waals surface area contributed by atoms with E-state index in [1.165, 1.54) is 0 Å². The summed E-state index contributed by atoms with van der Waals surface area (Å²) in [5, 5.41) is 15.6. The quantitative estimate of drug-likeness (QED) is 0.837. The number of nitrogens with zero attached hydrogens (tertiary/aromatic N) is 2. The van der Waals surface area contributed by atoms with Gasteiger partial charge >= 0.3 is 0 Å². The van der Waals surface area contributed by atoms with Crippen molar-refractivity contribution < 1.29 is 9.90 Å². The maximum atomic E-state index is 12.0. The molecule has 21 heavy (non-hydrogen) atoms. The van der Waals surface area contributed by atoms with Crippen molar-refractivity contribution in [3.8, 4) is 11.8 Å². The number of hydrogen-bond donors (Lipinski definition) is 2. The summed E-state index contributed by atoms with van der Waals surface area (Å²) in [6.07, 6.45) is 3.78. The molecule has 0 saturated heterocycles. The largest absolute Gasteiger partial charge is 0.395 e. The zero-order chi connectivity index (χ0) is 15.1. The van der Waals surface area contributed by atoms with Gasteiger partial charge in [-0.2, -0.15) is 5.10 Å². The lowest BCUT2D eigenvalue weighted by molar-refractivity contribution is -0.116. The molecule has 0 aliphatic rings. The third-order valence-electron chi connectivity index (χ3n) is 2.77. The Bertz CT molecular complexity index is 667. The highest BCUT2D eigenvalue weighted by Crippen LogP contribution is 2.16. The van der Waals surface area contributed by atoms with Crippen molar-refractivity contribution >= 4 is 11.6 Å². The molecule has 108 valence electrons. The predicted molar refractivity (Wildman–Crippen MR) is 80.6 cm³/mol. The number of aryl methyl sites for hydroxylation is 1. The van der Waals surface area contributed by atoms with Gasteiger partial charge in [-0.05, 0) is 30.7 Å². The summed E-state index contributed by atoms with van der Waals surface area (Å²) in [4.78, 5) is 12.0. The number of carbonyl (C=O) groups is 1. The Morgan fingerprint density at radius 2 is 2.33 bits per heavy atom. The molecule has 1 heterocycles. The van der Waals surface area contributed by atoms with Gasteiger partial charge in [-0.15, -0.1) is 0 Å². The first kappa shape index (κ1) is 14.8. The van der Waals surface area contributed by atoms with Crippen LogP contribution in [0.4, 0.5) is 5.69 Å². The van der Waals surface area contributed by atoms with Crippen LogP contribution in [0.15, 0.2) is 36.7 Å². The fraction of sp³-hybridized carbons (Fsp3) is 0.250. The molecule has 0 bridgehead atoms. The number of hydrogen-bond acceptors (Lipinski definition) is 3. The summed E-state index contributed by atoms with van der Waals surface area (Å²) in [5.74, 6) is 5.66. The highest BCUT2D eigenvalue weighted by atomic mass is 16.2. The van der Waals surface area contributed by atoms with Crippen LogP contribution in [-0.4, -0.2) is 27.4 Å². The van der Waals surface area contributed by atoms with Crippen LogP contribution in [0.1, 0.15) is 17.5 Å². The molecule has 0 spiro atoms. The molecular weight excluding hydrogens is 266 g/mol. The number of aliphatic hydroxyl groups is 1. The van der Waals surface area contributed by atoms with Gasteiger partial charge < -0.3 is 10.4 Å². The molecule has 1 amide bonds. The number of benzene rings is 1. The van der Waals surface area contributed by atoms with Gasteiger partial charge in [0.05, 0.1) is 12.3 Å². The molecule has 0 aliphatic heterocycles. The highest BCUT2D eigenvalue weighted by Gasteiger charge is 2.07. The molecule has 0 atom stereocenters. The molecule has 2 rings (SSSR count). The lowest BCUT2D eigenvalue weighted by Crippen LogP contribution is -2.19. The minimum atomic E-state index is -0.158. The second-order valence-corrected chi connectivity index (χ2v) is 4.58. The van der Waals surface area contributed by atoms with Gasteiger partial charge in [-0.25, -0.2) is 0 Å². The molecule has 1 aromatic heterocycles. The number of carbonyl (C=O) groups excluding carboxylic acids is 1. The standard InChI is InChI=1S/C16H17N3O2/c1-13-6-7-14(5-2-3-10-20)15(11-13)18-16(21)12-19-9-4-8-17-19/h4,6-9,11,20H,3,10,12H2,1H3,(H,18,21). The number of nitrogens with one attached hydrogen (secondary N) is 1. The topological polar surface area (TPSA) is 67.2 Å². The van der Waals surface area contributed by atoms with Crippen molar-refractivity contribution in [2.45, 2.75) is 19.9 Å². The first-order chi connectivity index (χ1) is 10.2. The molecule has 0 saturated carbocycles. The summed E-state index contributed by atoms with van der Waals surface area (Å²) >= 11 is 0. The fourth-order valence-corrected chi connectivity index (χ4v) is 1.81.